The minimum atomic E-state index is -0.426. The number of likely N-dealkylation sites (tertiary alicyclic amines) is 1. The molecule has 5 heteroatoms. The normalized spacial score (nSPS) is 18.4. The van der Waals surface area contributed by atoms with Crippen LogP contribution in [0, 0.1) is 5.92 Å². The SMILES string of the molecule is C/C=C(C)\C(NC(=O)CN1CCC(CC)CC1)=C(/C)C(=O)OC. The largest absolute Gasteiger partial charge is 0.466 e. The van der Waals surface area contributed by atoms with E-state index in [4.69, 9.17) is 4.74 Å². The first-order valence-electron chi connectivity index (χ1n) is 8.37. The highest BCUT2D eigenvalue weighted by atomic mass is 16.5. The first kappa shape index (κ1) is 19.4. The first-order valence-corrected chi connectivity index (χ1v) is 8.37. The van der Waals surface area contributed by atoms with Gasteiger partial charge in [-0.1, -0.05) is 19.4 Å². The van der Waals surface area contributed by atoms with E-state index in [0.717, 1.165) is 37.4 Å². The van der Waals surface area contributed by atoms with Crippen LogP contribution < -0.4 is 5.32 Å². The van der Waals surface area contributed by atoms with Crippen molar-refractivity contribution in [3.05, 3.63) is 22.9 Å². The van der Waals surface area contributed by atoms with Crippen molar-refractivity contribution in [3.8, 4) is 0 Å². The molecule has 1 N–H and O–H groups in total. The van der Waals surface area contributed by atoms with Crippen LogP contribution in [0.3, 0.4) is 0 Å². The fraction of sp³-hybridized carbons (Fsp3) is 0.667. The minimum absolute atomic E-state index is 0.0839. The van der Waals surface area contributed by atoms with Crippen LogP contribution in [0.25, 0.3) is 0 Å². The van der Waals surface area contributed by atoms with E-state index in [1.54, 1.807) is 6.92 Å². The van der Waals surface area contributed by atoms with Crippen molar-refractivity contribution in [2.75, 3.05) is 26.7 Å². The fourth-order valence-corrected chi connectivity index (χ4v) is 2.82. The van der Waals surface area contributed by atoms with Crippen molar-refractivity contribution in [2.24, 2.45) is 5.92 Å². The molecular weight excluding hydrogens is 292 g/mol. The summed E-state index contributed by atoms with van der Waals surface area (Å²) in [6.07, 6.45) is 5.39. The van der Waals surface area contributed by atoms with Gasteiger partial charge in [-0.05, 0) is 58.2 Å². The topological polar surface area (TPSA) is 58.6 Å². The molecule has 1 aliphatic rings. The summed E-state index contributed by atoms with van der Waals surface area (Å²) in [7, 11) is 1.34. The summed E-state index contributed by atoms with van der Waals surface area (Å²) in [4.78, 5) is 26.3. The number of amides is 1. The lowest BCUT2D eigenvalue weighted by Gasteiger charge is -2.31. The summed E-state index contributed by atoms with van der Waals surface area (Å²) in [5, 5.41) is 2.89. The smallest absolute Gasteiger partial charge is 0.335 e. The molecule has 1 heterocycles. The number of rotatable bonds is 6. The molecule has 0 bridgehead atoms. The van der Waals surface area contributed by atoms with Crippen molar-refractivity contribution in [1.82, 2.24) is 10.2 Å². The van der Waals surface area contributed by atoms with Crippen LogP contribution in [0.2, 0.25) is 0 Å². The van der Waals surface area contributed by atoms with Crippen molar-refractivity contribution in [2.45, 2.75) is 47.0 Å². The monoisotopic (exact) mass is 322 g/mol. The van der Waals surface area contributed by atoms with Gasteiger partial charge in [0, 0.05) is 0 Å². The molecule has 0 spiro atoms. The summed E-state index contributed by atoms with van der Waals surface area (Å²) in [5.41, 5.74) is 1.82. The van der Waals surface area contributed by atoms with E-state index in [1.165, 1.54) is 13.5 Å². The van der Waals surface area contributed by atoms with Gasteiger partial charge in [0.05, 0.1) is 24.9 Å². The summed E-state index contributed by atoms with van der Waals surface area (Å²) in [5.74, 6) is 0.279. The second kappa shape index (κ2) is 9.50. The van der Waals surface area contributed by atoms with Crippen LogP contribution in [0.1, 0.15) is 47.0 Å². The van der Waals surface area contributed by atoms with Crippen molar-refractivity contribution < 1.29 is 14.3 Å². The van der Waals surface area contributed by atoms with Crippen LogP contribution in [0.15, 0.2) is 22.9 Å². The lowest BCUT2D eigenvalue weighted by atomic mass is 9.94. The Balaban J connectivity index is 2.70. The summed E-state index contributed by atoms with van der Waals surface area (Å²) in [6, 6.07) is 0. The Bertz CT molecular complexity index is 486. The predicted molar refractivity (Wildman–Crippen MR) is 91.7 cm³/mol. The first-order chi connectivity index (χ1) is 10.9. The Hall–Kier alpha value is -1.62. The van der Waals surface area contributed by atoms with E-state index < -0.39 is 5.97 Å². The number of ether oxygens (including phenoxy) is 1. The summed E-state index contributed by atoms with van der Waals surface area (Å²) in [6.45, 7) is 9.93. The Morgan fingerprint density at radius 1 is 1.26 bits per heavy atom. The zero-order valence-electron chi connectivity index (χ0n) is 15.1. The number of methoxy groups -OCH3 is 1. The molecule has 0 aromatic rings. The second-order valence-corrected chi connectivity index (χ2v) is 6.14. The molecule has 0 aromatic heterocycles. The standard InChI is InChI=1S/C18H30N2O3/c1-6-13(3)17(14(4)18(22)23-5)19-16(21)12-20-10-8-15(7-2)9-11-20/h6,15H,7-12H2,1-5H3,(H,19,21)/b13-6-,17-14-. The molecule has 0 aromatic carbocycles. The van der Waals surface area contributed by atoms with Gasteiger partial charge in [-0.15, -0.1) is 0 Å². The third kappa shape index (κ3) is 5.82. The lowest BCUT2D eigenvalue weighted by Crippen LogP contribution is -2.41. The number of allylic oxidation sites excluding steroid dienone is 2. The molecule has 0 atom stereocenters. The quantitative estimate of drug-likeness (QED) is 0.464. The number of hydrogen-bond acceptors (Lipinski definition) is 4. The maximum atomic E-state index is 12.3. The minimum Gasteiger partial charge on any atom is -0.466 e. The molecule has 0 radical (unpaired) electrons. The number of hydrogen-bond donors (Lipinski definition) is 1. The number of nitrogens with one attached hydrogen (secondary N) is 1. The van der Waals surface area contributed by atoms with Gasteiger partial charge >= 0.3 is 5.97 Å². The van der Waals surface area contributed by atoms with Gasteiger partial charge in [0.15, 0.2) is 0 Å². The number of nitrogens with zero attached hydrogens (tertiary/aromatic N) is 1. The molecule has 23 heavy (non-hydrogen) atoms. The van der Waals surface area contributed by atoms with Crippen molar-refractivity contribution >= 4 is 11.9 Å². The zero-order valence-corrected chi connectivity index (χ0v) is 15.1. The lowest BCUT2D eigenvalue weighted by molar-refractivity contribution is -0.136. The second-order valence-electron chi connectivity index (χ2n) is 6.14. The third-order valence-electron chi connectivity index (χ3n) is 4.61. The number of piperidine rings is 1. The van der Waals surface area contributed by atoms with E-state index in [9.17, 15) is 9.59 Å². The number of carbonyl (C=O) groups excluding carboxylic acids is 2. The molecule has 1 amide bonds. The molecule has 1 fully saturated rings. The Kier molecular flexibility index (Phi) is 8.03. The molecule has 0 unspecified atom stereocenters. The average Bonchev–Trinajstić information content (AvgIpc) is 2.58. The van der Waals surface area contributed by atoms with Crippen LogP contribution >= 0.6 is 0 Å². The van der Waals surface area contributed by atoms with Crippen LogP contribution in [0.5, 0.6) is 0 Å². The van der Waals surface area contributed by atoms with E-state index in [0.29, 0.717) is 17.8 Å². The van der Waals surface area contributed by atoms with Gasteiger partial charge in [-0.3, -0.25) is 9.69 Å². The maximum Gasteiger partial charge on any atom is 0.335 e. The fourth-order valence-electron chi connectivity index (χ4n) is 2.82. The van der Waals surface area contributed by atoms with Crippen LogP contribution in [-0.2, 0) is 14.3 Å². The van der Waals surface area contributed by atoms with Gasteiger partial charge in [0.2, 0.25) is 5.91 Å². The van der Waals surface area contributed by atoms with E-state index in [1.807, 2.05) is 19.9 Å². The maximum absolute atomic E-state index is 12.3. The molecular formula is C18H30N2O3. The van der Waals surface area contributed by atoms with Gasteiger partial charge in [-0.25, -0.2) is 4.79 Å². The highest BCUT2D eigenvalue weighted by molar-refractivity contribution is 5.91. The Labute approximate surface area is 139 Å². The zero-order chi connectivity index (χ0) is 17.4. The van der Waals surface area contributed by atoms with Crippen LogP contribution in [0.4, 0.5) is 0 Å². The van der Waals surface area contributed by atoms with Gasteiger partial charge in [0.1, 0.15) is 0 Å². The van der Waals surface area contributed by atoms with Gasteiger partial charge in [-0.2, -0.15) is 0 Å². The predicted octanol–water partition coefficient (Wildman–Crippen LogP) is 2.64. The number of carbonyl (C=O) groups is 2. The van der Waals surface area contributed by atoms with Crippen molar-refractivity contribution in [3.63, 3.8) is 0 Å². The van der Waals surface area contributed by atoms with Crippen molar-refractivity contribution in [1.29, 1.82) is 0 Å². The van der Waals surface area contributed by atoms with E-state index in [-0.39, 0.29) is 5.91 Å². The van der Waals surface area contributed by atoms with Gasteiger partial charge < -0.3 is 10.1 Å². The Morgan fingerprint density at radius 2 is 1.87 bits per heavy atom. The summed E-state index contributed by atoms with van der Waals surface area (Å²) < 4.78 is 4.76. The summed E-state index contributed by atoms with van der Waals surface area (Å²) >= 11 is 0. The molecule has 1 aliphatic heterocycles. The molecule has 1 rings (SSSR count). The number of esters is 1. The highest BCUT2D eigenvalue weighted by Gasteiger charge is 2.21. The average molecular weight is 322 g/mol. The Morgan fingerprint density at radius 3 is 2.35 bits per heavy atom. The van der Waals surface area contributed by atoms with E-state index >= 15 is 0 Å². The third-order valence-corrected chi connectivity index (χ3v) is 4.61. The molecule has 0 aliphatic carbocycles. The highest BCUT2D eigenvalue weighted by Crippen LogP contribution is 2.19. The molecule has 1 saturated heterocycles. The van der Waals surface area contributed by atoms with Gasteiger partial charge in [0.25, 0.3) is 0 Å². The molecule has 5 nitrogen and oxygen atoms in total. The molecule has 130 valence electrons. The van der Waals surface area contributed by atoms with E-state index in [2.05, 4.69) is 17.1 Å². The van der Waals surface area contributed by atoms with Crippen LogP contribution in [-0.4, -0.2) is 43.5 Å². The molecule has 0 saturated carbocycles.